The fourth-order valence-electron chi connectivity index (χ4n) is 3.14. The Balaban J connectivity index is 1.86. The van der Waals surface area contributed by atoms with Gasteiger partial charge >= 0.3 is 5.97 Å². The zero-order chi connectivity index (χ0) is 14.6. The Bertz CT molecular complexity index is 364. The summed E-state index contributed by atoms with van der Waals surface area (Å²) in [5.41, 5.74) is -0.716. The molecule has 1 unspecified atom stereocenters. The van der Waals surface area contributed by atoms with E-state index >= 15 is 0 Å². The van der Waals surface area contributed by atoms with E-state index in [1.807, 2.05) is 6.92 Å². The van der Waals surface area contributed by atoms with Gasteiger partial charge in [-0.3, -0.25) is 9.59 Å². The molecule has 2 rings (SSSR count). The maximum atomic E-state index is 12.2. The third kappa shape index (κ3) is 3.72. The first-order valence-electron chi connectivity index (χ1n) is 7.82. The number of nitrogens with one attached hydrogen (secondary N) is 1. The Morgan fingerprint density at radius 2 is 2.15 bits per heavy atom. The minimum Gasteiger partial charge on any atom is -0.481 e. The Morgan fingerprint density at radius 3 is 2.75 bits per heavy atom. The molecule has 0 aromatic rings. The number of carboxylic acids is 1. The van der Waals surface area contributed by atoms with E-state index in [9.17, 15) is 14.7 Å². The maximum Gasteiger partial charge on any atom is 0.311 e. The van der Waals surface area contributed by atoms with E-state index in [0.29, 0.717) is 44.9 Å². The third-order valence-electron chi connectivity index (χ3n) is 4.46. The van der Waals surface area contributed by atoms with Crippen LogP contribution in [0.15, 0.2) is 0 Å². The van der Waals surface area contributed by atoms with Gasteiger partial charge < -0.3 is 15.3 Å². The summed E-state index contributed by atoms with van der Waals surface area (Å²) in [5, 5.41) is 12.9. The standard InChI is InChI=1S/C15H26N2O3/c1-2-7-15(14(19)20)8-3-10-17(11-15)13(18)6-9-16-12-4-5-12/h12,16H,2-11H2,1H3,(H,19,20). The van der Waals surface area contributed by atoms with Crippen LogP contribution in [0.5, 0.6) is 0 Å². The van der Waals surface area contributed by atoms with E-state index in [1.165, 1.54) is 12.8 Å². The van der Waals surface area contributed by atoms with Gasteiger partial charge in [-0.1, -0.05) is 13.3 Å². The lowest BCUT2D eigenvalue weighted by atomic mass is 9.76. The Hall–Kier alpha value is -1.10. The molecule has 0 spiro atoms. The van der Waals surface area contributed by atoms with Crippen molar-refractivity contribution in [3.8, 4) is 0 Å². The topological polar surface area (TPSA) is 69.6 Å². The number of piperidine rings is 1. The van der Waals surface area contributed by atoms with Crippen molar-refractivity contribution in [3.05, 3.63) is 0 Å². The Morgan fingerprint density at radius 1 is 1.40 bits per heavy atom. The van der Waals surface area contributed by atoms with E-state index < -0.39 is 11.4 Å². The summed E-state index contributed by atoms with van der Waals surface area (Å²) >= 11 is 0. The molecule has 0 aromatic carbocycles. The van der Waals surface area contributed by atoms with E-state index in [0.717, 1.165) is 12.8 Å². The number of nitrogens with zero attached hydrogens (tertiary/aromatic N) is 1. The first kappa shape index (κ1) is 15.3. The van der Waals surface area contributed by atoms with Gasteiger partial charge in [0.05, 0.1) is 5.41 Å². The third-order valence-corrected chi connectivity index (χ3v) is 4.46. The molecule has 5 heteroatoms. The van der Waals surface area contributed by atoms with E-state index in [2.05, 4.69) is 5.32 Å². The maximum absolute atomic E-state index is 12.2. The fourth-order valence-corrected chi connectivity index (χ4v) is 3.14. The molecule has 0 radical (unpaired) electrons. The summed E-state index contributed by atoms with van der Waals surface area (Å²) < 4.78 is 0. The number of likely N-dealkylation sites (tertiary alicyclic amines) is 1. The highest BCUT2D eigenvalue weighted by atomic mass is 16.4. The van der Waals surface area contributed by atoms with Crippen molar-refractivity contribution in [2.24, 2.45) is 5.41 Å². The molecule has 1 saturated heterocycles. The lowest BCUT2D eigenvalue weighted by molar-refractivity contribution is -0.155. The van der Waals surface area contributed by atoms with Crippen molar-refractivity contribution in [2.75, 3.05) is 19.6 Å². The molecule has 5 nitrogen and oxygen atoms in total. The smallest absolute Gasteiger partial charge is 0.311 e. The van der Waals surface area contributed by atoms with Crippen LogP contribution in [0, 0.1) is 5.41 Å². The van der Waals surface area contributed by atoms with Crippen LogP contribution >= 0.6 is 0 Å². The number of hydrogen-bond donors (Lipinski definition) is 2. The quantitative estimate of drug-likeness (QED) is 0.744. The number of carbonyl (C=O) groups is 2. The van der Waals surface area contributed by atoms with Crippen molar-refractivity contribution >= 4 is 11.9 Å². The molecule has 2 N–H and O–H groups in total. The van der Waals surface area contributed by atoms with Crippen molar-refractivity contribution in [1.29, 1.82) is 0 Å². The summed E-state index contributed by atoms with van der Waals surface area (Å²) in [5.74, 6) is -0.646. The summed E-state index contributed by atoms with van der Waals surface area (Å²) in [7, 11) is 0. The zero-order valence-corrected chi connectivity index (χ0v) is 12.4. The lowest BCUT2D eigenvalue weighted by Gasteiger charge is -2.40. The number of rotatable bonds is 7. The summed E-state index contributed by atoms with van der Waals surface area (Å²) in [4.78, 5) is 25.6. The molecule has 114 valence electrons. The van der Waals surface area contributed by atoms with Crippen LogP contribution < -0.4 is 5.32 Å². The number of amides is 1. The van der Waals surface area contributed by atoms with Crippen LogP contribution in [0.1, 0.15) is 51.9 Å². The van der Waals surface area contributed by atoms with Gasteiger partial charge in [0, 0.05) is 32.1 Å². The molecule has 0 aromatic heterocycles. The first-order chi connectivity index (χ1) is 9.57. The number of aliphatic carboxylic acids is 1. The van der Waals surface area contributed by atoms with Gasteiger partial charge in [-0.2, -0.15) is 0 Å². The molecule has 1 saturated carbocycles. The minimum absolute atomic E-state index is 0.0968. The van der Waals surface area contributed by atoms with E-state index in [-0.39, 0.29) is 5.91 Å². The highest BCUT2D eigenvalue weighted by molar-refractivity contribution is 5.79. The van der Waals surface area contributed by atoms with E-state index in [4.69, 9.17) is 0 Å². The van der Waals surface area contributed by atoms with Crippen LogP contribution in [0.2, 0.25) is 0 Å². The normalized spacial score (nSPS) is 26.6. The van der Waals surface area contributed by atoms with Gasteiger partial charge in [0.1, 0.15) is 0 Å². The molecule has 2 fully saturated rings. The molecule has 1 atom stereocenters. The largest absolute Gasteiger partial charge is 0.481 e. The SMILES string of the molecule is CCCC1(C(=O)O)CCCN(C(=O)CCNC2CC2)C1. The van der Waals surface area contributed by atoms with Gasteiger partial charge in [-0.05, 0) is 32.1 Å². The second-order valence-electron chi connectivity index (χ2n) is 6.23. The van der Waals surface area contributed by atoms with Crippen molar-refractivity contribution in [3.63, 3.8) is 0 Å². The zero-order valence-electron chi connectivity index (χ0n) is 12.4. The predicted molar refractivity (Wildman–Crippen MR) is 76.4 cm³/mol. The predicted octanol–water partition coefficient (Wildman–Crippen LogP) is 1.62. The highest BCUT2D eigenvalue weighted by Gasteiger charge is 2.42. The molecular formula is C15H26N2O3. The molecule has 1 aliphatic heterocycles. The van der Waals surface area contributed by atoms with E-state index in [1.54, 1.807) is 4.90 Å². The van der Waals surface area contributed by atoms with Crippen LogP contribution in [0.25, 0.3) is 0 Å². The van der Waals surface area contributed by atoms with Crippen LogP contribution in [-0.4, -0.2) is 47.6 Å². The molecule has 1 aliphatic carbocycles. The van der Waals surface area contributed by atoms with Crippen LogP contribution in [0.3, 0.4) is 0 Å². The van der Waals surface area contributed by atoms with Crippen LogP contribution in [0.4, 0.5) is 0 Å². The average Bonchev–Trinajstić information content (AvgIpc) is 3.23. The molecule has 1 amide bonds. The average molecular weight is 282 g/mol. The lowest BCUT2D eigenvalue weighted by Crippen LogP contribution is -2.50. The number of carbonyl (C=O) groups excluding carboxylic acids is 1. The van der Waals surface area contributed by atoms with Crippen molar-refractivity contribution in [2.45, 2.75) is 57.9 Å². The molecule has 2 aliphatic rings. The minimum atomic E-state index is -0.743. The summed E-state index contributed by atoms with van der Waals surface area (Å²) in [6, 6.07) is 0.613. The monoisotopic (exact) mass is 282 g/mol. The number of hydrogen-bond acceptors (Lipinski definition) is 3. The second-order valence-corrected chi connectivity index (χ2v) is 6.23. The summed E-state index contributed by atoms with van der Waals surface area (Å²) in [6.07, 6.45) is 5.92. The Kier molecular flexibility index (Phi) is 5.02. The molecule has 0 bridgehead atoms. The fraction of sp³-hybridized carbons (Fsp3) is 0.867. The first-order valence-corrected chi connectivity index (χ1v) is 7.82. The second kappa shape index (κ2) is 6.57. The Labute approximate surface area is 120 Å². The highest BCUT2D eigenvalue weighted by Crippen LogP contribution is 2.35. The molecule has 20 heavy (non-hydrogen) atoms. The molecule has 1 heterocycles. The van der Waals surface area contributed by atoms with Gasteiger partial charge in [0.25, 0.3) is 0 Å². The van der Waals surface area contributed by atoms with Crippen LogP contribution in [-0.2, 0) is 9.59 Å². The van der Waals surface area contributed by atoms with Gasteiger partial charge in [0.15, 0.2) is 0 Å². The van der Waals surface area contributed by atoms with Gasteiger partial charge in [-0.15, -0.1) is 0 Å². The van der Waals surface area contributed by atoms with Gasteiger partial charge in [-0.25, -0.2) is 0 Å². The van der Waals surface area contributed by atoms with Gasteiger partial charge in [0.2, 0.25) is 5.91 Å². The molecular weight excluding hydrogens is 256 g/mol. The van der Waals surface area contributed by atoms with Crippen molar-refractivity contribution < 1.29 is 14.7 Å². The van der Waals surface area contributed by atoms with Crippen molar-refractivity contribution in [1.82, 2.24) is 10.2 Å². The summed E-state index contributed by atoms with van der Waals surface area (Å²) in [6.45, 7) is 3.82. The number of carboxylic acid groups (broad SMARTS) is 1.